The Kier molecular flexibility index (Phi) is 3.87. The third-order valence-electron chi connectivity index (χ3n) is 1.61. The van der Waals surface area contributed by atoms with Crippen LogP contribution in [0.4, 0.5) is 4.79 Å². The Morgan fingerprint density at radius 2 is 2.33 bits per heavy atom. The van der Waals surface area contributed by atoms with Gasteiger partial charge < -0.3 is 16.2 Å². The molecule has 0 aliphatic rings. The molecular formula is C9H10N2O3S. The second-order valence-corrected chi connectivity index (χ2v) is 3.69. The van der Waals surface area contributed by atoms with Gasteiger partial charge in [0.25, 0.3) is 0 Å². The third-order valence-corrected chi connectivity index (χ3v) is 2.55. The van der Waals surface area contributed by atoms with Crippen molar-refractivity contribution in [3.63, 3.8) is 0 Å². The number of carbonyl (C=O) groups excluding carboxylic acids is 1. The maximum Gasteiger partial charge on any atom is 0.328 e. The SMILES string of the molecule is NC(=O)NCc1sccc1C=CC(=O)O. The predicted molar refractivity (Wildman–Crippen MR) is 57.4 cm³/mol. The van der Waals surface area contributed by atoms with E-state index in [1.54, 1.807) is 6.07 Å². The highest BCUT2D eigenvalue weighted by Gasteiger charge is 2.02. The van der Waals surface area contributed by atoms with Crippen molar-refractivity contribution in [1.82, 2.24) is 5.32 Å². The van der Waals surface area contributed by atoms with Crippen LogP contribution in [0.3, 0.4) is 0 Å². The summed E-state index contributed by atoms with van der Waals surface area (Å²) in [6, 6.07) is 1.18. The Balaban J connectivity index is 2.69. The number of carbonyl (C=O) groups is 2. The van der Waals surface area contributed by atoms with Gasteiger partial charge in [0.05, 0.1) is 6.54 Å². The molecule has 1 aromatic heterocycles. The molecule has 0 spiro atoms. The maximum atomic E-state index is 10.5. The van der Waals surface area contributed by atoms with Gasteiger partial charge in [0.1, 0.15) is 0 Å². The number of hydrogen-bond donors (Lipinski definition) is 3. The Morgan fingerprint density at radius 1 is 1.60 bits per heavy atom. The van der Waals surface area contributed by atoms with Crippen LogP contribution < -0.4 is 11.1 Å². The molecular weight excluding hydrogens is 216 g/mol. The van der Waals surface area contributed by atoms with Gasteiger partial charge >= 0.3 is 12.0 Å². The quantitative estimate of drug-likeness (QED) is 0.669. The molecule has 0 aromatic carbocycles. The van der Waals surface area contributed by atoms with Crippen molar-refractivity contribution < 1.29 is 14.7 Å². The lowest BCUT2D eigenvalue weighted by molar-refractivity contribution is -0.131. The molecule has 0 unspecified atom stereocenters. The summed E-state index contributed by atoms with van der Waals surface area (Å²) in [6.45, 7) is 0.312. The highest BCUT2D eigenvalue weighted by atomic mass is 32.1. The van der Waals surface area contributed by atoms with Gasteiger partial charge in [0.15, 0.2) is 0 Å². The second kappa shape index (κ2) is 5.16. The number of amides is 2. The molecule has 4 N–H and O–H groups in total. The van der Waals surface area contributed by atoms with Crippen LogP contribution in [-0.2, 0) is 11.3 Å². The number of rotatable bonds is 4. The number of urea groups is 1. The summed E-state index contributed by atoms with van der Waals surface area (Å²) in [5.41, 5.74) is 5.70. The highest BCUT2D eigenvalue weighted by molar-refractivity contribution is 7.10. The van der Waals surface area contributed by atoms with Crippen LogP contribution in [0.2, 0.25) is 0 Å². The lowest BCUT2D eigenvalue weighted by Gasteiger charge is -1.99. The first-order valence-electron chi connectivity index (χ1n) is 4.10. The van der Waals surface area contributed by atoms with Crippen LogP contribution >= 0.6 is 11.3 Å². The van der Waals surface area contributed by atoms with Crippen LogP contribution in [0.25, 0.3) is 6.08 Å². The molecule has 6 heteroatoms. The Bertz CT molecular complexity index is 398. The van der Waals surface area contributed by atoms with Crippen molar-refractivity contribution in [1.29, 1.82) is 0 Å². The van der Waals surface area contributed by atoms with Crippen LogP contribution in [0.5, 0.6) is 0 Å². The average Bonchev–Trinajstić information content (AvgIpc) is 2.58. The summed E-state index contributed by atoms with van der Waals surface area (Å²) >= 11 is 1.43. The predicted octanol–water partition coefficient (Wildman–Crippen LogP) is 1.01. The van der Waals surface area contributed by atoms with E-state index in [0.29, 0.717) is 6.54 Å². The minimum atomic E-state index is -1.00. The number of carboxylic acids is 1. The number of nitrogens with one attached hydrogen (secondary N) is 1. The number of primary amides is 1. The molecule has 1 aromatic rings. The zero-order valence-corrected chi connectivity index (χ0v) is 8.58. The molecule has 80 valence electrons. The normalized spacial score (nSPS) is 10.4. The molecule has 0 aliphatic heterocycles. The zero-order valence-electron chi connectivity index (χ0n) is 7.77. The average molecular weight is 226 g/mol. The van der Waals surface area contributed by atoms with E-state index in [-0.39, 0.29) is 0 Å². The summed E-state index contributed by atoms with van der Waals surface area (Å²) in [6.07, 6.45) is 2.53. The van der Waals surface area contributed by atoms with E-state index in [1.807, 2.05) is 5.38 Å². The molecule has 0 bridgehead atoms. The fourth-order valence-electron chi connectivity index (χ4n) is 0.971. The summed E-state index contributed by atoms with van der Waals surface area (Å²) < 4.78 is 0. The number of hydrogen-bond acceptors (Lipinski definition) is 3. The van der Waals surface area contributed by atoms with Crippen molar-refractivity contribution in [2.75, 3.05) is 0 Å². The minimum absolute atomic E-state index is 0.312. The molecule has 0 saturated heterocycles. The van der Waals surface area contributed by atoms with Crippen molar-refractivity contribution in [3.8, 4) is 0 Å². The van der Waals surface area contributed by atoms with Gasteiger partial charge in [-0.25, -0.2) is 9.59 Å². The summed E-state index contributed by atoms with van der Waals surface area (Å²) in [7, 11) is 0. The molecule has 0 fully saturated rings. The van der Waals surface area contributed by atoms with Crippen molar-refractivity contribution in [3.05, 3.63) is 28.0 Å². The van der Waals surface area contributed by atoms with Gasteiger partial charge in [-0.05, 0) is 23.1 Å². The third kappa shape index (κ3) is 3.82. The van der Waals surface area contributed by atoms with Crippen molar-refractivity contribution in [2.45, 2.75) is 6.54 Å². The second-order valence-electron chi connectivity index (χ2n) is 2.69. The number of thiophene rings is 1. The largest absolute Gasteiger partial charge is 0.478 e. The molecule has 0 radical (unpaired) electrons. The Hall–Kier alpha value is -1.82. The highest BCUT2D eigenvalue weighted by Crippen LogP contribution is 2.17. The van der Waals surface area contributed by atoms with Gasteiger partial charge in [-0.3, -0.25) is 0 Å². The van der Waals surface area contributed by atoms with E-state index >= 15 is 0 Å². The fourth-order valence-corrected chi connectivity index (χ4v) is 1.78. The first-order chi connectivity index (χ1) is 7.09. The monoisotopic (exact) mass is 226 g/mol. The van der Waals surface area contributed by atoms with E-state index in [9.17, 15) is 9.59 Å². The molecule has 1 rings (SSSR count). The summed E-state index contributed by atoms with van der Waals surface area (Å²) in [4.78, 5) is 21.6. The van der Waals surface area contributed by atoms with E-state index in [1.165, 1.54) is 17.4 Å². The number of nitrogens with two attached hydrogens (primary N) is 1. The smallest absolute Gasteiger partial charge is 0.328 e. The van der Waals surface area contributed by atoms with Gasteiger partial charge in [-0.1, -0.05) is 0 Å². The van der Waals surface area contributed by atoms with Crippen LogP contribution in [-0.4, -0.2) is 17.1 Å². The van der Waals surface area contributed by atoms with Crippen LogP contribution in [0.1, 0.15) is 10.4 Å². The molecule has 2 amide bonds. The van der Waals surface area contributed by atoms with E-state index in [2.05, 4.69) is 5.32 Å². The van der Waals surface area contributed by atoms with Gasteiger partial charge in [-0.2, -0.15) is 0 Å². The molecule has 0 saturated carbocycles. The first-order valence-corrected chi connectivity index (χ1v) is 4.98. The first kappa shape index (κ1) is 11.3. The van der Waals surface area contributed by atoms with Gasteiger partial charge in [0, 0.05) is 11.0 Å². The van der Waals surface area contributed by atoms with Crippen LogP contribution in [0.15, 0.2) is 17.5 Å². The van der Waals surface area contributed by atoms with E-state index in [4.69, 9.17) is 10.8 Å². The zero-order chi connectivity index (χ0) is 11.3. The van der Waals surface area contributed by atoms with Gasteiger partial charge in [-0.15, -0.1) is 11.3 Å². The number of carboxylic acid groups (broad SMARTS) is 1. The molecule has 0 aliphatic carbocycles. The Labute approximate surface area is 90.2 Å². The standard InChI is InChI=1S/C9H10N2O3S/c10-9(14)11-5-7-6(3-4-15-7)1-2-8(12)13/h1-4H,5H2,(H,12,13)(H3,10,11,14). The Morgan fingerprint density at radius 3 is 2.93 bits per heavy atom. The molecule has 5 nitrogen and oxygen atoms in total. The maximum absolute atomic E-state index is 10.5. The molecule has 15 heavy (non-hydrogen) atoms. The lowest BCUT2D eigenvalue weighted by atomic mass is 10.2. The van der Waals surface area contributed by atoms with E-state index < -0.39 is 12.0 Å². The number of aliphatic carboxylic acids is 1. The molecule has 1 heterocycles. The topological polar surface area (TPSA) is 92.4 Å². The van der Waals surface area contributed by atoms with Crippen LogP contribution in [0, 0.1) is 0 Å². The fraction of sp³-hybridized carbons (Fsp3) is 0.111. The molecule has 0 atom stereocenters. The van der Waals surface area contributed by atoms with Crippen molar-refractivity contribution in [2.24, 2.45) is 5.73 Å². The van der Waals surface area contributed by atoms with Crippen molar-refractivity contribution >= 4 is 29.4 Å². The summed E-state index contributed by atoms with van der Waals surface area (Å²) in [5, 5.41) is 12.7. The minimum Gasteiger partial charge on any atom is -0.478 e. The summed E-state index contributed by atoms with van der Waals surface area (Å²) in [5.74, 6) is -1.00. The van der Waals surface area contributed by atoms with E-state index in [0.717, 1.165) is 16.5 Å². The van der Waals surface area contributed by atoms with Gasteiger partial charge in [0.2, 0.25) is 0 Å². The lowest BCUT2D eigenvalue weighted by Crippen LogP contribution is -2.28.